The van der Waals surface area contributed by atoms with Crippen LogP contribution in [-0.4, -0.2) is 25.3 Å². The zero-order chi connectivity index (χ0) is 10.8. The SMILES string of the molecule is C1CCC(C2OCCC2CNC2CC2)CC1. The molecular formula is C14H25NO. The Morgan fingerprint density at radius 2 is 1.75 bits per heavy atom. The molecule has 1 N–H and O–H groups in total. The molecule has 92 valence electrons. The molecule has 0 spiro atoms. The van der Waals surface area contributed by atoms with E-state index in [0.29, 0.717) is 6.10 Å². The number of rotatable bonds is 4. The summed E-state index contributed by atoms with van der Waals surface area (Å²) in [5.74, 6) is 1.69. The van der Waals surface area contributed by atoms with Gasteiger partial charge in [-0.05, 0) is 38.0 Å². The third kappa shape index (κ3) is 2.60. The van der Waals surface area contributed by atoms with E-state index in [4.69, 9.17) is 4.74 Å². The molecule has 0 aromatic rings. The molecule has 2 nitrogen and oxygen atoms in total. The lowest BCUT2D eigenvalue weighted by Gasteiger charge is -2.30. The van der Waals surface area contributed by atoms with Crippen LogP contribution in [0.1, 0.15) is 51.4 Å². The first-order valence-electron chi connectivity index (χ1n) is 7.28. The van der Waals surface area contributed by atoms with Crippen LogP contribution in [0.3, 0.4) is 0 Å². The van der Waals surface area contributed by atoms with Crippen molar-refractivity contribution in [2.45, 2.75) is 63.5 Å². The van der Waals surface area contributed by atoms with Crippen LogP contribution < -0.4 is 5.32 Å². The highest BCUT2D eigenvalue weighted by atomic mass is 16.5. The molecule has 3 fully saturated rings. The minimum atomic E-state index is 0.589. The van der Waals surface area contributed by atoms with Crippen molar-refractivity contribution in [1.29, 1.82) is 0 Å². The van der Waals surface area contributed by atoms with Gasteiger partial charge in [0.05, 0.1) is 6.10 Å². The second-order valence-corrected chi connectivity index (χ2v) is 5.96. The lowest BCUT2D eigenvalue weighted by Crippen LogP contribution is -2.35. The maximum atomic E-state index is 6.02. The summed E-state index contributed by atoms with van der Waals surface area (Å²) >= 11 is 0. The lowest BCUT2D eigenvalue weighted by atomic mass is 9.80. The second-order valence-electron chi connectivity index (χ2n) is 5.96. The van der Waals surface area contributed by atoms with Crippen LogP contribution >= 0.6 is 0 Å². The van der Waals surface area contributed by atoms with Crippen LogP contribution in [0.4, 0.5) is 0 Å². The average Bonchev–Trinajstić information content (AvgIpc) is 3.05. The molecule has 0 bridgehead atoms. The van der Waals surface area contributed by atoms with Crippen molar-refractivity contribution in [2.75, 3.05) is 13.2 Å². The summed E-state index contributed by atoms with van der Waals surface area (Å²) in [5, 5.41) is 3.69. The van der Waals surface area contributed by atoms with Gasteiger partial charge in [0, 0.05) is 25.1 Å². The van der Waals surface area contributed by atoms with Gasteiger partial charge in [0.1, 0.15) is 0 Å². The number of ether oxygens (including phenoxy) is 1. The van der Waals surface area contributed by atoms with Crippen LogP contribution in [-0.2, 0) is 4.74 Å². The fraction of sp³-hybridized carbons (Fsp3) is 1.00. The van der Waals surface area contributed by atoms with Gasteiger partial charge in [-0.25, -0.2) is 0 Å². The quantitative estimate of drug-likeness (QED) is 0.791. The third-order valence-corrected chi connectivity index (χ3v) is 4.62. The summed E-state index contributed by atoms with van der Waals surface area (Å²) in [4.78, 5) is 0. The van der Waals surface area contributed by atoms with Crippen LogP contribution in [0.2, 0.25) is 0 Å². The molecule has 1 saturated heterocycles. The van der Waals surface area contributed by atoms with Crippen LogP contribution in [0.5, 0.6) is 0 Å². The third-order valence-electron chi connectivity index (χ3n) is 4.62. The van der Waals surface area contributed by atoms with E-state index in [2.05, 4.69) is 5.32 Å². The Balaban J connectivity index is 1.50. The predicted octanol–water partition coefficient (Wildman–Crippen LogP) is 2.72. The second kappa shape index (κ2) is 5.05. The molecule has 16 heavy (non-hydrogen) atoms. The van der Waals surface area contributed by atoms with Crippen LogP contribution in [0, 0.1) is 11.8 Å². The summed E-state index contributed by atoms with van der Waals surface area (Å²) in [5.41, 5.74) is 0. The molecule has 3 aliphatic rings. The zero-order valence-electron chi connectivity index (χ0n) is 10.3. The van der Waals surface area contributed by atoms with Gasteiger partial charge < -0.3 is 10.1 Å². The fourth-order valence-electron chi connectivity index (χ4n) is 3.46. The van der Waals surface area contributed by atoms with E-state index in [9.17, 15) is 0 Å². The molecule has 0 amide bonds. The molecular weight excluding hydrogens is 198 g/mol. The standard InChI is InChI=1S/C14H25NO/c1-2-4-11(5-3-1)14-12(8-9-16-14)10-15-13-6-7-13/h11-15H,1-10H2. The molecule has 3 rings (SSSR count). The van der Waals surface area contributed by atoms with Crippen LogP contribution in [0.25, 0.3) is 0 Å². The molecule has 2 aliphatic carbocycles. The molecule has 2 heteroatoms. The largest absolute Gasteiger partial charge is 0.378 e. The van der Waals surface area contributed by atoms with E-state index >= 15 is 0 Å². The highest BCUT2D eigenvalue weighted by Gasteiger charge is 2.35. The summed E-state index contributed by atoms with van der Waals surface area (Å²) in [6.45, 7) is 2.23. The Morgan fingerprint density at radius 1 is 0.938 bits per heavy atom. The van der Waals surface area contributed by atoms with E-state index in [0.717, 1.165) is 24.5 Å². The minimum Gasteiger partial charge on any atom is -0.378 e. The first-order chi connectivity index (χ1) is 7.93. The topological polar surface area (TPSA) is 21.3 Å². The molecule has 2 unspecified atom stereocenters. The normalized spacial score (nSPS) is 36.8. The Morgan fingerprint density at radius 3 is 2.50 bits per heavy atom. The van der Waals surface area contributed by atoms with Crippen molar-refractivity contribution in [3.8, 4) is 0 Å². The van der Waals surface area contributed by atoms with Crippen molar-refractivity contribution in [3.63, 3.8) is 0 Å². The highest BCUT2D eigenvalue weighted by molar-refractivity contribution is 4.88. The van der Waals surface area contributed by atoms with Crippen LogP contribution in [0.15, 0.2) is 0 Å². The molecule has 0 aromatic carbocycles. The summed E-state index contributed by atoms with van der Waals surface area (Å²) in [7, 11) is 0. The summed E-state index contributed by atoms with van der Waals surface area (Å²) < 4.78 is 6.02. The van der Waals surface area contributed by atoms with Gasteiger partial charge in [0.25, 0.3) is 0 Å². The van der Waals surface area contributed by atoms with Gasteiger partial charge in [0.15, 0.2) is 0 Å². The zero-order valence-corrected chi connectivity index (χ0v) is 10.3. The van der Waals surface area contributed by atoms with Crippen molar-refractivity contribution in [3.05, 3.63) is 0 Å². The maximum absolute atomic E-state index is 6.02. The first-order valence-corrected chi connectivity index (χ1v) is 7.28. The Kier molecular flexibility index (Phi) is 3.49. The van der Waals surface area contributed by atoms with Gasteiger partial charge in [0.2, 0.25) is 0 Å². The first kappa shape index (κ1) is 11.0. The predicted molar refractivity (Wildman–Crippen MR) is 65.4 cm³/mol. The van der Waals surface area contributed by atoms with E-state index in [1.165, 1.54) is 57.9 Å². The average molecular weight is 223 g/mol. The van der Waals surface area contributed by atoms with E-state index in [1.807, 2.05) is 0 Å². The van der Waals surface area contributed by atoms with E-state index in [1.54, 1.807) is 0 Å². The number of nitrogens with one attached hydrogen (secondary N) is 1. The molecule has 2 atom stereocenters. The van der Waals surface area contributed by atoms with Gasteiger partial charge in [-0.3, -0.25) is 0 Å². The van der Waals surface area contributed by atoms with Crippen molar-refractivity contribution >= 4 is 0 Å². The Bertz CT molecular complexity index is 221. The van der Waals surface area contributed by atoms with Gasteiger partial charge in [-0.15, -0.1) is 0 Å². The van der Waals surface area contributed by atoms with Crippen molar-refractivity contribution in [1.82, 2.24) is 5.32 Å². The molecule has 2 saturated carbocycles. The molecule has 1 aliphatic heterocycles. The van der Waals surface area contributed by atoms with Gasteiger partial charge in [-0.2, -0.15) is 0 Å². The lowest BCUT2D eigenvalue weighted by molar-refractivity contribution is 0.0268. The summed E-state index contributed by atoms with van der Waals surface area (Å²) in [6.07, 6.45) is 11.9. The Hall–Kier alpha value is -0.0800. The summed E-state index contributed by atoms with van der Waals surface area (Å²) in [6, 6.07) is 0.854. The molecule has 1 heterocycles. The monoisotopic (exact) mass is 223 g/mol. The van der Waals surface area contributed by atoms with Crippen molar-refractivity contribution in [2.24, 2.45) is 11.8 Å². The van der Waals surface area contributed by atoms with Gasteiger partial charge in [-0.1, -0.05) is 19.3 Å². The fourth-order valence-corrected chi connectivity index (χ4v) is 3.46. The molecule has 0 radical (unpaired) electrons. The highest BCUT2D eigenvalue weighted by Crippen LogP contribution is 2.35. The number of hydrogen-bond acceptors (Lipinski definition) is 2. The maximum Gasteiger partial charge on any atom is 0.0644 e. The van der Waals surface area contributed by atoms with E-state index < -0.39 is 0 Å². The molecule has 0 aromatic heterocycles. The smallest absolute Gasteiger partial charge is 0.0644 e. The van der Waals surface area contributed by atoms with Crippen molar-refractivity contribution < 1.29 is 4.74 Å². The van der Waals surface area contributed by atoms with E-state index in [-0.39, 0.29) is 0 Å². The number of hydrogen-bond donors (Lipinski definition) is 1. The Labute approximate surface area is 99.1 Å². The van der Waals surface area contributed by atoms with Gasteiger partial charge >= 0.3 is 0 Å². The minimum absolute atomic E-state index is 0.589.